The van der Waals surface area contributed by atoms with Crippen molar-refractivity contribution < 1.29 is 9.90 Å². The van der Waals surface area contributed by atoms with Crippen molar-refractivity contribution in [2.45, 2.75) is 40.5 Å². The lowest BCUT2D eigenvalue weighted by atomic mass is 10.0. The van der Waals surface area contributed by atoms with Crippen LogP contribution in [-0.4, -0.2) is 29.1 Å². The summed E-state index contributed by atoms with van der Waals surface area (Å²) < 4.78 is 0. The van der Waals surface area contributed by atoms with Crippen LogP contribution in [0.5, 0.6) is 0 Å². The van der Waals surface area contributed by atoms with E-state index in [0.717, 1.165) is 31.1 Å². The summed E-state index contributed by atoms with van der Waals surface area (Å²) in [4.78, 5) is 18.0. The molecule has 0 fully saturated rings. The molecule has 0 aliphatic heterocycles. The maximum atomic E-state index is 11.0. The van der Waals surface area contributed by atoms with Crippen molar-refractivity contribution in [2.75, 3.05) is 18.0 Å². The fourth-order valence-corrected chi connectivity index (χ4v) is 2.90. The largest absolute Gasteiger partial charge is 0.477 e. The Kier molecular flexibility index (Phi) is 5.59. The van der Waals surface area contributed by atoms with Crippen LogP contribution in [-0.2, 0) is 0 Å². The molecule has 0 aliphatic rings. The second-order valence-electron chi connectivity index (χ2n) is 4.44. The lowest BCUT2D eigenvalue weighted by Crippen LogP contribution is -2.28. The predicted octanol–water partition coefficient (Wildman–Crippen LogP) is 3.41. The average Bonchev–Trinajstić information content (AvgIpc) is 2.73. The minimum absolute atomic E-state index is 0.355. The van der Waals surface area contributed by atoms with Crippen molar-refractivity contribution >= 4 is 22.4 Å². The van der Waals surface area contributed by atoms with Crippen molar-refractivity contribution in [2.24, 2.45) is 5.92 Å². The number of thiazole rings is 1. The molecule has 0 aromatic carbocycles. The summed E-state index contributed by atoms with van der Waals surface area (Å²) in [7, 11) is 0. The zero-order chi connectivity index (χ0) is 13.7. The van der Waals surface area contributed by atoms with Crippen molar-refractivity contribution in [1.82, 2.24) is 4.98 Å². The number of hydrogen-bond acceptors (Lipinski definition) is 4. The lowest BCUT2D eigenvalue weighted by Gasteiger charge is -2.24. The molecule has 0 spiro atoms. The Morgan fingerprint density at radius 1 is 1.39 bits per heavy atom. The Bertz CT molecular complexity index is 400. The number of hydrogen-bond donors (Lipinski definition) is 1. The van der Waals surface area contributed by atoms with Crippen molar-refractivity contribution in [1.29, 1.82) is 0 Å². The monoisotopic (exact) mass is 270 g/mol. The normalized spacial score (nSPS) is 10.9. The van der Waals surface area contributed by atoms with Crippen LogP contribution in [0.3, 0.4) is 0 Å². The van der Waals surface area contributed by atoms with Gasteiger partial charge in [0.1, 0.15) is 4.88 Å². The van der Waals surface area contributed by atoms with Gasteiger partial charge in [-0.25, -0.2) is 9.78 Å². The van der Waals surface area contributed by atoms with Crippen LogP contribution in [0.2, 0.25) is 0 Å². The molecule has 0 saturated heterocycles. The smallest absolute Gasteiger partial charge is 0.347 e. The van der Waals surface area contributed by atoms with Crippen molar-refractivity contribution in [3.05, 3.63) is 10.6 Å². The number of carbonyl (C=O) groups is 1. The zero-order valence-corrected chi connectivity index (χ0v) is 12.4. The first-order valence-electron chi connectivity index (χ1n) is 6.49. The highest BCUT2D eigenvalue weighted by atomic mass is 32.1. The van der Waals surface area contributed by atoms with Gasteiger partial charge in [0.2, 0.25) is 0 Å². The lowest BCUT2D eigenvalue weighted by molar-refractivity contribution is 0.0701. The van der Waals surface area contributed by atoms with Gasteiger partial charge in [0.25, 0.3) is 0 Å². The summed E-state index contributed by atoms with van der Waals surface area (Å²) >= 11 is 1.28. The third-order valence-corrected chi connectivity index (χ3v) is 4.47. The Morgan fingerprint density at radius 3 is 2.39 bits per heavy atom. The van der Waals surface area contributed by atoms with Crippen LogP contribution < -0.4 is 4.90 Å². The molecule has 5 heteroatoms. The molecule has 0 radical (unpaired) electrons. The molecule has 18 heavy (non-hydrogen) atoms. The molecule has 1 heterocycles. The predicted molar refractivity (Wildman–Crippen MR) is 75.8 cm³/mol. The van der Waals surface area contributed by atoms with Gasteiger partial charge in [-0.3, -0.25) is 0 Å². The average molecular weight is 270 g/mol. The topological polar surface area (TPSA) is 53.4 Å². The maximum absolute atomic E-state index is 11.0. The summed E-state index contributed by atoms with van der Waals surface area (Å²) in [5, 5.41) is 9.89. The van der Waals surface area contributed by atoms with Crippen LogP contribution in [0.15, 0.2) is 0 Å². The van der Waals surface area contributed by atoms with Crippen LogP contribution in [0, 0.1) is 12.8 Å². The van der Waals surface area contributed by atoms with Crippen molar-refractivity contribution in [3.63, 3.8) is 0 Å². The summed E-state index contributed by atoms with van der Waals surface area (Å²) in [5.74, 6) is -0.239. The SMILES string of the molecule is CCC(CC)CN(CC)c1nc(C)c(C(=O)O)s1. The van der Waals surface area contributed by atoms with Gasteiger partial charge in [0.05, 0.1) is 5.69 Å². The van der Waals surface area contributed by atoms with Crippen LogP contribution >= 0.6 is 11.3 Å². The molecule has 0 bridgehead atoms. The molecule has 1 aromatic rings. The first kappa shape index (κ1) is 15.0. The minimum atomic E-state index is -0.880. The van der Waals surface area contributed by atoms with Crippen molar-refractivity contribution in [3.8, 4) is 0 Å². The minimum Gasteiger partial charge on any atom is -0.477 e. The van der Waals surface area contributed by atoms with E-state index in [1.54, 1.807) is 6.92 Å². The van der Waals surface area contributed by atoms with E-state index in [2.05, 4.69) is 30.7 Å². The quantitative estimate of drug-likeness (QED) is 0.825. The number of carboxylic acids is 1. The Labute approximate surface area is 113 Å². The summed E-state index contributed by atoms with van der Waals surface area (Å²) in [5.41, 5.74) is 0.616. The van der Waals surface area contributed by atoms with E-state index in [-0.39, 0.29) is 0 Å². The van der Waals surface area contributed by atoms with E-state index in [4.69, 9.17) is 5.11 Å². The van der Waals surface area contributed by atoms with Crippen LogP contribution in [0.25, 0.3) is 0 Å². The van der Waals surface area contributed by atoms with Gasteiger partial charge < -0.3 is 10.0 Å². The third kappa shape index (κ3) is 3.45. The highest BCUT2D eigenvalue weighted by molar-refractivity contribution is 7.17. The second kappa shape index (κ2) is 6.73. The fourth-order valence-electron chi connectivity index (χ4n) is 1.92. The molecule has 0 aliphatic carbocycles. The third-order valence-electron chi connectivity index (χ3n) is 3.27. The molecule has 0 amide bonds. The number of rotatable bonds is 7. The van der Waals surface area contributed by atoms with Crippen LogP contribution in [0.1, 0.15) is 49.0 Å². The number of anilines is 1. The summed E-state index contributed by atoms with van der Waals surface area (Å²) in [6.07, 6.45) is 2.28. The van der Waals surface area contributed by atoms with E-state index < -0.39 is 5.97 Å². The molecule has 102 valence electrons. The van der Waals surface area contributed by atoms with Gasteiger partial charge in [-0.05, 0) is 19.8 Å². The molecule has 4 nitrogen and oxygen atoms in total. The summed E-state index contributed by atoms with van der Waals surface area (Å²) in [6.45, 7) is 10.0. The highest BCUT2D eigenvalue weighted by Crippen LogP contribution is 2.27. The van der Waals surface area contributed by atoms with Gasteiger partial charge in [-0.2, -0.15) is 0 Å². The number of aromatic carboxylic acids is 1. The fraction of sp³-hybridized carbons (Fsp3) is 0.692. The number of nitrogens with zero attached hydrogens (tertiary/aromatic N) is 2. The molecule has 0 atom stereocenters. The molecular formula is C13H22N2O2S. The van der Waals surface area contributed by atoms with E-state index in [1.165, 1.54) is 11.3 Å². The van der Waals surface area contributed by atoms with E-state index >= 15 is 0 Å². The van der Waals surface area contributed by atoms with Gasteiger partial charge in [-0.15, -0.1) is 0 Å². The number of carboxylic acid groups (broad SMARTS) is 1. The van der Waals surface area contributed by atoms with Gasteiger partial charge >= 0.3 is 5.97 Å². The molecule has 1 aromatic heterocycles. The molecular weight excluding hydrogens is 248 g/mol. The molecule has 1 N–H and O–H groups in total. The van der Waals surface area contributed by atoms with E-state index in [9.17, 15) is 4.79 Å². The summed E-state index contributed by atoms with van der Waals surface area (Å²) in [6, 6.07) is 0. The first-order valence-corrected chi connectivity index (χ1v) is 7.30. The Balaban J connectivity index is 2.88. The van der Waals surface area contributed by atoms with E-state index in [1.807, 2.05) is 0 Å². The van der Waals surface area contributed by atoms with Gasteiger partial charge in [-0.1, -0.05) is 38.0 Å². The van der Waals surface area contributed by atoms with Crippen LogP contribution in [0.4, 0.5) is 5.13 Å². The maximum Gasteiger partial charge on any atom is 0.347 e. The molecule has 0 unspecified atom stereocenters. The number of aromatic nitrogens is 1. The first-order chi connectivity index (χ1) is 8.53. The zero-order valence-electron chi connectivity index (χ0n) is 11.6. The number of aryl methyl sites for hydroxylation is 1. The standard InChI is InChI=1S/C13H22N2O2S/c1-5-10(6-2)8-15(7-3)13-14-9(4)11(18-13)12(16)17/h10H,5-8H2,1-4H3,(H,16,17). The Morgan fingerprint density at radius 2 is 2.00 bits per heavy atom. The molecule has 1 rings (SSSR count). The highest BCUT2D eigenvalue weighted by Gasteiger charge is 2.19. The van der Waals surface area contributed by atoms with Gasteiger partial charge in [0, 0.05) is 13.1 Å². The second-order valence-corrected chi connectivity index (χ2v) is 5.41. The Hall–Kier alpha value is -1.10. The van der Waals surface area contributed by atoms with Gasteiger partial charge in [0.15, 0.2) is 5.13 Å². The van der Waals surface area contributed by atoms with E-state index in [0.29, 0.717) is 16.5 Å². The molecule has 0 saturated carbocycles.